The van der Waals surface area contributed by atoms with Crippen LogP contribution in [0.3, 0.4) is 0 Å². The van der Waals surface area contributed by atoms with Crippen molar-refractivity contribution in [1.82, 2.24) is 14.6 Å². The number of nitrogens with zero attached hydrogens (tertiary/aromatic N) is 3. The van der Waals surface area contributed by atoms with E-state index in [9.17, 15) is 4.79 Å². The van der Waals surface area contributed by atoms with Crippen LogP contribution >= 0.6 is 11.5 Å². The van der Waals surface area contributed by atoms with Crippen molar-refractivity contribution in [3.63, 3.8) is 0 Å². The number of rotatable bonds is 7. The van der Waals surface area contributed by atoms with Crippen LogP contribution in [-0.2, 0) is 6.42 Å². The molecule has 1 fully saturated rings. The topological polar surface area (TPSA) is 60.5 Å². The Balaban J connectivity index is 1.30. The predicted molar refractivity (Wildman–Crippen MR) is 130 cm³/mol. The van der Waals surface area contributed by atoms with Gasteiger partial charge in [-0.25, -0.2) is 4.79 Å². The Morgan fingerprint density at radius 3 is 2.65 bits per heavy atom. The zero-order valence-electron chi connectivity index (χ0n) is 18.3. The van der Waals surface area contributed by atoms with Gasteiger partial charge >= 0.3 is 6.03 Å². The number of hydrogen-bond donors (Lipinski definition) is 2. The summed E-state index contributed by atoms with van der Waals surface area (Å²) in [6, 6.07) is 16.6. The van der Waals surface area contributed by atoms with E-state index in [1.807, 2.05) is 25.1 Å². The first-order valence-corrected chi connectivity index (χ1v) is 11.9. The molecule has 31 heavy (non-hydrogen) atoms. The standard InChI is InChI=1S/C24H31N5OS/c1-3-18(2)25-24(30)26-21-10-6-4-8-19(21)12-13-28-14-16-29(17-15-28)23-20-9-5-7-11-22(20)31-27-23/h4-11,18H,3,12-17H2,1-2H3,(H2,25,26,30). The maximum absolute atomic E-state index is 12.2. The molecule has 0 radical (unpaired) electrons. The molecular formula is C24H31N5OS. The van der Waals surface area contributed by atoms with Crippen molar-refractivity contribution in [2.45, 2.75) is 32.7 Å². The summed E-state index contributed by atoms with van der Waals surface area (Å²) in [5, 5.41) is 7.25. The van der Waals surface area contributed by atoms with Crippen molar-refractivity contribution in [3.05, 3.63) is 54.1 Å². The first kappa shape index (κ1) is 21.6. The summed E-state index contributed by atoms with van der Waals surface area (Å²) in [7, 11) is 0. The zero-order chi connectivity index (χ0) is 21.6. The highest BCUT2D eigenvalue weighted by Gasteiger charge is 2.20. The minimum Gasteiger partial charge on any atom is -0.353 e. The molecule has 0 bridgehead atoms. The number of nitrogens with one attached hydrogen (secondary N) is 2. The highest BCUT2D eigenvalue weighted by molar-refractivity contribution is 7.13. The van der Waals surface area contributed by atoms with E-state index in [0.29, 0.717) is 0 Å². The Hall–Kier alpha value is -2.64. The molecule has 1 saturated heterocycles. The number of fused-ring (bicyclic) bond motifs is 1. The van der Waals surface area contributed by atoms with Gasteiger partial charge in [0, 0.05) is 49.8 Å². The van der Waals surface area contributed by atoms with Gasteiger partial charge in [0.05, 0.1) is 4.70 Å². The monoisotopic (exact) mass is 437 g/mol. The molecule has 6 nitrogen and oxygen atoms in total. The summed E-state index contributed by atoms with van der Waals surface area (Å²) >= 11 is 1.58. The Morgan fingerprint density at radius 2 is 1.84 bits per heavy atom. The number of amides is 2. The maximum Gasteiger partial charge on any atom is 0.319 e. The quantitative estimate of drug-likeness (QED) is 0.568. The molecule has 2 N–H and O–H groups in total. The molecule has 2 heterocycles. The summed E-state index contributed by atoms with van der Waals surface area (Å²) in [5.41, 5.74) is 2.07. The first-order valence-electron chi connectivity index (χ1n) is 11.1. The normalized spacial score (nSPS) is 15.7. The van der Waals surface area contributed by atoms with Crippen LogP contribution in [0, 0.1) is 0 Å². The van der Waals surface area contributed by atoms with Crippen molar-refractivity contribution in [2.24, 2.45) is 0 Å². The molecule has 2 amide bonds. The molecule has 7 heteroatoms. The van der Waals surface area contributed by atoms with Gasteiger partial charge in [-0.05, 0) is 55.1 Å². The van der Waals surface area contributed by atoms with Gasteiger partial charge in [0.25, 0.3) is 0 Å². The van der Waals surface area contributed by atoms with Gasteiger partial charge in [0.1, 0.15) is 5.82 Å². The smallest absolute Gasteiger partial charge is 0.319 e. The van der Waals surface area contributed by atoms with Crippen molar-refractivity contribution in [1.29, 1.82) is 0 Å². The number of aromatic nitrogens is 1. The second kappa shape index (κ2) is 10.1. The van der Waals surface area contributed by atoms with Crippen LogP contribution in [0.1, 0.15) is 25.8 Å². The molecule has 164 valence electrons. The van der Waals surface area contributed by atoms with Crippen LogP contribution in [-0.4, -0.2) is 54.1 Å². The summed E-state index contributed by atoms with van der Waals surface area (Å²) < 4.78 is 5.96. The number of hydrogen-bond acceptors (Lipinski definition) is 5. The first-order chi connectivity index (χ1) is 15.1. The number of anilines is 2. The van der Waals surface area contributed by atoms with Crippen molar-refractivity contribution >= 4 is 39.2 Å². The van der Waals surface area contributed by atoms with Gasteiger partial charge < -0.3 is 15.5 Å². The Bertz CT molecular complexity index is 1010. The molecule has 1 aliphatic rings. The van der Waals surface area contributed by atoms with E-state index in [1.165, 1.54) is 15.6 Å². The third-order valence-corrected chi connectivity index (χ3v) is 6.80. The zero-order valence-corrected chi connectivity index (χ0v) is 19.1. The highest BCUT2D eigenvalue weighted by Crippen LogP contribution is 2.29. The summed E-state index contributed by atoms with van der Waals surface area (Å²) in [6.07, 6.45) is 1.83. The van der Waals surface area contributed by atoms with Crippen LogP contribution < -0.4 is 15.5 Å². The Kier molecular flexibility index (Phi) is 7.04. The van der Waals surface area contributed by atoms with Gasteiger partial charge in [-0.1, -0.05) is 37.3 Å². The second-order valence-corrected chi connectivity index (χ2v) is 8.95. The number of carbonyl (C=O) groups excluding carboxylic acids is 1. The lowest BCUT2D eigenvalue weighted by atomic mass is 10.1. The Morgan fingerprint density at radius 1 is 1.10 bits per heavy atom. The van der Waals surface area contributed by atoms with Crippen LogP contribution in [0.4, 0.5) is 16.3 Å². The molecule has 3 aromatic rings. The van der Waals surface area contributed by atoms with Gasteiger partial charge in [-0.15, -0.1) is 0 Å². The number of urea groups is 1. The van der Waals surface area contributed by atoms with Gasteiger partial charge in [-0.2, -0.15) is 4.37 Å². The third kappa shape index (κ3) is 5.35. The average Bonchev–Trinajstić information content (AvgIpc) is 3.23. The fraction of sp³-hybridized carbons (Fsp3) is 0.417. The minimum atomic E-state index is -0.133. The lowest BCUT2D eigenvalue weighted by Crippen LogP contribution is -2.47. The van der Waals surface area contributed by atoms with Crippen molar-refractivity contribution in [2.75, 3.05) is 42.9 Å². The predicted octanol–water partition coefficient (Wildman–Crippen LogP) is 4.58. The molecule has 1 unspecified atom stereocenters. The average molecular weight is 438 g/mol. The highest BCUT2D eigenvalue weighted by atomic mass is 32.1. The molecule has 1 aromatic heterocycles. The van der Waals surface area contributed by atoms with Crippen LogP contribution in [0.25, 0.3) is 10.1 Å². The SMILES string of the molecule is CCC(C)NC(=O)Nc1ccccc1CCN1CCN(c2nsc3ccccc23)CC1. The number of para-hydroxylation sites is 1. The summed E-state index contributed by atoms with van der Waals surface area (Å²) in [4.78, 5) is 17.1. The fourth-order valence-electron chi connectivity index (χ4n) is 3.91. The van der Waals surface area contributed by atoms with Crippen LogP contribution in [0.2, 0.25) is 0 Å². The largest absolute Gasteiger partial charge is 0.353 e. The lowest BCUT2D eigenvalue weighted by Gasteiger charge is -2.35. The summed E-state index contributed by atoms with van der Waals surface area (Å²) in [6.45, 7) is 9.09. The molecule has 1 atom stereocenters. The fourth-order valence-corrected chi connectivity index (χ4v) is 4.70. The van der Waals surface area contributed by atoms with E-state index in [1.54, 1.807) is 11.5 Å². The van der Waals surface area contributed by atoms with Crippen LogP contribution in [0.15, 0.2) is 48.5 Å². The van der Waals surface area contributed by atoms with Crippen LogP contribution in [0.5, 0.6) is 0 Å². The summed E-state index contributed by atoms with van der Waals surface area (Å²) in [5.74, 6) is 1.13. The maximum atomic E-state index is 12.2. The second-order valence-electron chi connectivity index (χ2n) is 8.15. The van der Waals surface area contributed by atoms with E-state index >= 15 is 0 Å². The van der Waals surface area contributed by atoms with Gasteiger partial charge in [0.15, 0.2) is 0 Å². The minimum absolute atomic E-state index is 0.133. The van der Waals surface area contributed by atoms with Gasteiger partial charge in [-0.3, -0.25) is 4.90 Å². The van der Waals surface area contributed by atoms with E-state index in [4.69, 9.17) is 4.37 Å². The number of carbonyl (C=O) groups is 1. The van der Waals surface area contributed by atoms with E-state index in [0.717, 1.165) is 57.1 Å². The molecule has 0 saturated carbocycles. The molecular weight excluding hydrogens is 406 g/mol. The van der Waals surface area contributed by atoms with E-state index in [-0.39, 0.29) is 12.1 Å². The van der Waals surface area contributed by atoms with E-state index < -0.39 is 0 Å². The molecule has 4 rings (SSSR count). The molecule has 2 aromatic carbocycles. The molecule has 0 aliphatic carbocycles. The molecule has 0 spiro atoms. The van der Waals surface area contributed by atoms with E-state index in [2.05, 4.69) is 57.7 Å². The Labute approximate surface area is 188 Å². The van der Waals surface area contributed by atoms with Crippen molar-refractivity contribution < 1.29 is 4.79 Å². The number of benzene rings is 2. The third-order valence-electron chi connectivity index (χ3n) is 5.98. The molecule has 1 aliphatic heterocycles. The number of piperazine rings is 1. The van der Waals surface area contributed by atoms with Crippen molar-refractivity contribution in [3.8, 4) is 0 Å². The van der Waals surface area contributed by atoms with Gasteiger partial charge in [0.2, 0.25) is 0 Å². The lowest BCUT2D eigenvalue weighted by molar-refractivity contribution is 0.249.